The van der Waals surface area contributed by atoms with Crippen molar-refractivity contribution in [3.63, 3.8) is 0 Å². The highest BCUT2D eigenvalue weighted by atomic mass is 32.1. The third kappa shape index (κ3) is 2.31. The van der Waals surface area contributed by atoms with E-state index in [0.29, 0.717) is 30.4 Å². The Morgan fingerprint density at radius 3 is 2.95 bits per heavy atom. The summed E-state index contributed by atoms with van der Waals surface area (Å²) >= 11 is 1.50. The van der Waals surface area contributed by atoms with Gasteiger partial charge in [-0.3, -0.25) is 9.59 Å². The quantitative estimate of drug-likeness (QED) is 0.900. The minimum Gasteiger partial charge on any atom is -0.389 e. The van der Waals surface area contributed by atoms with Gasteiger partial charge in [-0.2, -0.15) is 11.3 Å². The van der Waals surface area contributed by atoms with E-state index < -0.39 is 0 Å². The molecule has 7 heteroatoms. The van der Waals surface area contributed by atoms with Crippen molar-refractivity contribution < 1.29 is 14.4 Å². The van der Waals surface area contributed by atoms with E-state index in [2.05, 4.69) is 10.5 Å². The molecular formula is C14H15N3O3S. The van der Waals surface area contributed by atoms with Crippen LogP contribution in [0, 0.1) is 5.92 Å². The maximum Gasteiger partial charge on any atom is 0.269 e. The summed E-state index contributed by atoms with van der Waals surface area (Å²) in [5.41, 5.74) is 1.13. The van der Waals surface area contributed by atoms with Gasteiger partial charge in [-0.1, -0.05) is 5.16 Å². The van der Waals surface area contributed by atoms with E-state index in [1.165, 1.54) is 11.3 Å². The van der Waals surface area contributed by atoms with Gasteiger partial charge < -0.3 is 15.1 Å². The Hall–Kier alpha value is -1.89. The van der Waals surface area contributed by atoms with Gasteiger partial charge in [0, 0.05) is 18.0 Å². The number of oxime groups is 1. The van der Waals surface area contributed by atoms with E-state index in [0.717, 1.165) is 12.8 Å². The summed E-state index contributed by atoms with van der Waals surface area (Å²) in [6.45, 7) is 0.985. The molecule has 0 unspecified atom stereocenters. The fraction of sp³-hybridized carbons (Fsp3) is 0.500. The smallest absolute Gasteiger partial charge is 0.269 e. The molecule has 0 spiro atoms. The zero-order valence-electron chi connectivity index (χ0n) is 11.3. The lowest BCUT2D eigenvalue weighted by molar-refractivity contribution is -0.115. The van der Waals surface area contributed by atoms with Crippen LogP contribution in [-0.4, -0.2) is 47.7 Å². The number of rotatable bonds is 3. The van der Waals surface area contributed by atoms with Gasteiger partial charge in [0.05, 0.1) is 18.0 Å². The van der Waals surface area contributed by atoms with Gasteiger partial charge in [-0.15, -0.1) is 0 Å². The van der Waals surface area contributed by atoms with E-state index in [4.69, 9.17) is 4.84 Å². The number of nitrogens with zero attached hydrogens (tertiary/aromatic N) is 2. The topological polar surface area (TPSA) is 71.0 Å². The first-order chi connectivity index (χ1) is 10.2. The van der Waals surface area contributed by atoms with Crippen molar-refractivity contribution in [2.75, 3.05) is 13.1 Å². The van der Waals surface area contributed by atoms with E-state index in [1.807, 2.05) is 16.8 Å². The molecule has 110 valence electrons. The van der Waals surface area contributed by atoms with Gasteiger partial charge in [0.1, 0.15) is 0 Å². The molecule has 21 heavy (non-hydrogen) atoms. The number of amides is 2. The summed E-state index contributed by atoms with van der Waals surface area (Å²) < 4.78 is 0. The number of nitrogens with one attached hydrogen (secondary N) is 1. The zero-order chi connectivity index (χ0) is 14.4. The molecule has 1 aromatic rings. The van der Waals surface area contributed by atoms with Crippen LogP contribution in [0.2, 0.25) is 0 Å². The molecular weight excluding hydrogens is 290 g/mol. The Labute approximate surface area is 125 Å². The molecule has 1 N–H and O–H groups in total. The van der Waals surface area contributed by atoms with Crippen LogP contribution in [0.4, 0.5) is 0 Å². The third-order valence-corrected chi connectivity index (χ3v) is 4.79. The second-order valence-corrected chi connectivity index (χ2v) is 6.48. The first-order valence-electron chi connectivity index (χ1n) is 7.08. The number of thiophene rings is 1. The fourth-order valence-electron chi connectivity index (χ4n) is 2.77. The predicted molar refractivity (Wildman–Crippen MR) is 77.2 cm³/mol. The van der Waals surface area contributed by atoms with Gasteiger partial charge in [0.25, 0.3) is 11.8 Å². The molecule has 2 amide bonds. The molecule has 2 fully saturated rings. The Bertz CT molecular complexity index is 609. The first-order valence-corrected chi connectivity index (χ1v) is 8.02. The lowest BCUT2D eigenvalue weighted by Gasteiger charge is -2.15. The number of hydrogen-bond acceptors (Lipinski definition) is 5. The normalized spacial score (nSPS) is 27.0. The van der Waals surface area contributed by atoms with E-state index in [-0.39, 0.29) is 23.8 Å². The summed E-state index contributed by atoms with van der Waals surface area (Å²) in [4.78, 5) is 31.6. The Balaban J connectivity index is 1.44. The van der Waals surface area contributed by atoms with Gasteiger partial charge >= 0.3 is 0 Å². The second-order valence-electron chi connectivity index (χ2n) is 5.70. The van der Waals surface area contributed by atoms with Crippen molar-refractivity contribution >= 4 is 28.9 Å². The number of likely N-dealkylation sites (tertiary alicyclic amines) is 1. The summed E-state index contributed by atoms with van der Waals surface area (Å²) in [5, 5.41) is 10.6. The number of carbonyl (C=O) groups excluding carboxylic acids is 2. The van der Waals surface area contributed by atoms with Crippen LogP contribution in [0.1, 0.15) is 23.2 Å². The van der Waals surface area contributed by atoms with Crippen molar-refractivity contribution in [2.24, 2.45) is 11.1 Å². The molecule has 2 atom stereocenters. The van der Waals surface area contributed by atoms with Gasteiger partial charge in [0.15, 0.2) is 11.8 Å². The maximum absolute atomic E-state index is 12.3. The molecule has 0 radical (unpaired) electrons. The Kier molecular flexibility index (Phi) is 2.95. The average Bonchev–Trinajstić information content (AvgIpc) is 2.94. The predicted octanol–water partition coefficient (Wildman–Crippen LogP) is 0.853. The molecule has 1 aliphatic carbocycles. The molecule has 1 aromatic heterocycles. The van der Waals surface area contributed by atoms with Crippen LogP contribution in [0.3, 0.4) is 0 Å². The molecule has 0 aromatic carbocycles. The average molecular weight is 305 g/mol. The first kappa shape index (κ1) is 12.8. The highest BCUT2D eigenvalue weighted by molar-refractivity contribution is 7.08. The molecule has 6 nitrogen and oxygen atoms in total. The highest BCUT2D eigenvalue weighted by Gasteiger charge is 2.46. The van der Waals surface area contributed by atoms with Crippen LogP contribution >= 0.6 is 11.3 Å². The van der Waals surface area contributed by atoms with Crippen LogP contribution in [0.25, 0.3) is 0 Å². The van der Waals surface area contributed by atoms with Crippen molar-refractivity contribution in [1.29, 1.82) is 0 Å². The monoisotopic (exact) mass is 305 g/mol. The SMILES string of the molecule is O=C(NC1CC1)C1=NO[C@@H]2CN(C(=O)c3ccsc3)C[C@H]12. The third-order valence-electron chi connectivity index (χ3n) is 4.10. The molecule has 4 rings (SSSR count). The molecule has 3 aliphatic rings. The number of fused-ring (bicyclic) bond motifs is 1. The lowest BCUT2D eigenvalue weighted by atomic mass is 10.0. The second kappa shape index (κ2) is 4.84. The van der Waals surface area contributed by atoms with Crippen LogP contribution in [-0.2, 0) is 9.63 Å². The zero-order valence-corrected chi connectivity index (χ0v) is 12.1. The number of carbonyl (C=O) groups is 2. The van der Waals surface area contributed by atoms with Crippen LogP contribution < -0.4 is 5.32 Å². The largest absolute Gasteiger partial charge is 0.389 e. The molecule has 1 saturated heterocycles. The van der Waals surface area contributed by atoms with Crippen LogP contribution in [0.5, 0.6) is 0 Å². The van der Waals surface area contributed by atoms with E-state index in [9.17, 15) is 9.59 Å². The standard InChI is InChI=1S/C14H15N3O3S/c18-13(15-9-1-2-9)12-10-5-17(6-11(10)20-16-12)14(19)8-3-4-21-7-8/h3-4,7,9-11H,1-2,5-6H2,(H,15,18)/t10-,11+/m0/s1. The molecule has 0 bridgehead atoms. The van der Waals surface area contributed by atoms with E-state index >= 15 is 0 Å². The molecule has 3 heterocycles. The highest BCUT2D eigenvalue weighted by Crippen LogP contribution is 2.29. The number of hydrogen-bond donors (Lipinski definition) is 1. The summed E-state index contributed by atoms with van der Waals surface area (Å²) in [5.74, 6) is -0.252. The summed E-state index contributed by atoms with van der Waals surface area (Å²) in [6, 6.07) is 2.11. The van der Waals surface area contributed by atoms with Crippen molar-refractivity contribution in [2.45, 2.75) is 25.0 Å². The minimum absolute atomic E-state index is 0.00352. The van der Waals surface area contributed by atoms with Gasteiger partial charge in [0.2, 0.25) is 0 Å². The van der Waals surface area contributed by atoms with Crippen molar-refractivity contribution in [3.8, 4) is 0 Å². The maximum atomic E-state index is 12.3. The van der Waals surface area contributed by atoms with E-state index in [1.54, 1.807) is 4.90 Å². The van der Waals surface area contributed by atoms with Gasteiger partial charge in [-0.05, 0) is 24.3 Å². The van der Waals surface area contributed by atoms with Gasteiger partial charge in [-0.25, -0.2) is 0 Å². The van der Waals surface area contributed by atoms with Crippen LogP contribution in [0.15, 0.2) is 22.0 Å². The van der Waals surface area contributed by atoms with Crippen molar-refractivity contribution in [3.05, 3.63) is 22.4 Å². The molecule has 1 saturated carbocycles. The Morgan fingerprint density at radius 2 is 2.24 bits per heavy atom. The molecule has 2 aliphatic heterocycles. The summed E-state index contributed by atoms with van der Waals surface area (Å²) in [7, 11) is 0. The Morgan fingerprint density at radius 1 is 1.38 bits per heavy atom. The minimum atomic E-state index is -0.187. The fourth-order valence-corrected chi connectivity index (χ4v) is 3.40. The lowest BCUT2D eigenvalue weighted by Crippen LogP contribution is -2.38. The summed E-state index contributed by atoms with van der Waals surface area (Å²) in [6.07, 6.45) is 1.89. The van der Waals surface area contributed by atoms with Crippen molar-refractivity contribution in [1.82, 2.24) is 10.2 Å².